The van der Waals surface area contributed by atoms with Gasteiger partial charge < -0.3 is 10.2 Å². The maximum atomic E-state index is 12.9. The Kier molecular flexibility index (Phi) is 4.29. The average molecular weight is 290 g/mol. The smallest absolute Gasteiger partial charge is 0.272 e. The van der Waals surface area contributed by atoms with Gasteiger partial charge in [0.15, 0.2) is 0 Å². The fraction of sp³-hybridized carbons (Fsp3) is 0.750. The van der Waals surface area contributed by atoms with Crippen molar-refractivity contribution in [1.29, 1.82) is 0 Å². The maximum Gasteiger partial charge on any atom is 0.272 e. The Labute approximate surface area is 126 Å². The van der Waals surface area contributed by atoms with Gasteiger partial charge in [-0.1, -0.05) is 6.92 Å². The molecular weight excluding hydrogens is 264 g/mol. The molecule has 0 unspecified atom stereocenters. The van der Waals surface area contributed by atoms with Crippen LogP contribution in [0.15, 0.2) is 6.07 Å². The minimum atomic E-state index is 0.172. The number of carbonyl (C=O) groups is 1. The van der Waals surface area contributed by atoms with Crippen molar-refractivity contribution in [3.05, 3.63) is 17.5 Å². The van der Waals surface area contributed by atoms with Crippen molar-refractivity contribution in [2.75, 3.05) is 19.6 Å². The van der Waals surface area contributed by atoms with E-state index in [4.69, 9.17) is 0 Å². The van der Waals surface area contributed by atoms with Gasteiger partial charge in [0.1, 0.15) is 5.69 Å². The monoisotopic (exact) mass is 290 g/mol. The number of hydrogen-bond acceptors (Lipinski definition) is 3. The van der Waals surface area contributed by atoms with Gasteiger partial charge in [0, 0.05) is 19.6 Å². The van der Waals surface area contributed by atoms with Crippen LogP contribution in [0.1, 0.15) is 48.8 Å². The summed E-state index contributed by atoms with van der Waals surface area (Å²) in [5.74, 6) is 0.820. The predicted molar refractivity (Wildman–Crippen MR) is 82.2 cm³/mol. The first-order valence-corrected chi connectivity index (χ1v) is 8.23. The standard InChI is InChI=1S/C16H26N4O/c1-3-13-10-15(19(2)18-13)16(21)20(14-4-5-14)11-12-6-8-17-9-7-12/h10,12,14,17H,3-9,11H2,1-2H3. The number of rotatable bonds is 5. The second kappa shape index (κ2) is 6.18. The Morgan fingerprint density at radius 2 is 2.10 bits per heavy atom. The van der Waals surface area contributed by atoms with Gasteiger partial charge in [-0.2, -0.15) is 5.10 Å². The molecule has 116 valence electrons. The summed E-state index contributed by atoms with van der Waals surface area (Å²) in [5, 5.41) is 7.81. The molecule has 0 aromatic carbocycles. The van der Waals surface area contributed by atoms with Crippen molar-refractivity contribution in [1.82, 2.24) is 20.0 Å². The predicted octanol–water partition coefficient (Wildman–Crippen LogP) is 1.59. The maximum absolute atomic E-state index is 12.9. The molecule has 2 fully saturated rings. The molecule has 1 amide bonds. The Balaban J connectivity index is 1.73. The van der Waals surface area contributed by atoms with Gasteiger partial charge in [-0.05, 0) is 57.2 Å². The van der Waals surface area contributed by atoms with Gasteiger partial charge in [0.2, 0.25) is 0 Å². The minimum absolute atomic E-state index is 0.172. The van der Waals surface area contributed by atoms with Gasteiger partial charge in [-0.3, -0.25) is 9.48 Å². The number of hydrogen-bond donors (Lipinski definition) is 1. The molecule has 0 atom stereocenters. The van der Waals surface area contributed by atoms with Crippen LogP contribution in [-0.2, 0) is 13.5 Å². The molecule has 0 bridgehead atoms. The lowest BCUT2D eigenvalue weighted by atomic mass is 9.97. The number of nitrogens with zero attached hydrogens (tertiary/aromatic N) is 3. The Morgan fingerprint density at radius 1 is 1.38 bits per heavy atom. The van der Waals surface area contributed by atoms with E-state index >= 15 is 0 Å². The molecule has 1 aliphatic heterocycles. The fourth-order valence-corrected chi connectivity index (χ4v) is 3.17. The van der Waals surface area contributed by atoms with Crippen LogP contribution in [0.5, 0.6) is 0 Å². The minimum Gasteiger partial charge on any atom is -0.334 e. The summed E-state index contributed by atoms with van der Waals surface area (Å²) in [7, 11) is 1.88. The van der Waals surface area contributed by atoms with E-state index in [0.717, 1.165) is 50.3 Å². The molecule has 2 heterocycles. The quantitative estimate of drug-likeness (QED) is 0.896. The number of nitrogens with one attached hydrogen (secondary N) is 1. The molecule has 1 aromatic heterocycles. The molecule has 3 rings (SSSR count). The summed E-state index contributed by atoms with van der Waals surface area (Å²) >= 11 is 0. The van der Waals surface area contributed by atoms with E-state index in [9.17, 15) is 4.79 Å². The van der Waals surface area contributed by atoms with Crippen molar-refractivity contribution in [2.24, 2.45) is 13.0 Å². The van der Waals surface area contributed by atoms with Gasteiger partial charge in [-0.15, -0.1) is 0 Å². The number of carbonyl (C=O) groups excluding carboxylic acids is 1. The molecule has 1 aliphatic carbocycles. The topological polar surface area (TPSA) is 50.2 Å². The zero-order valence-corrected chi connectivity index (χ0v) is 13.1. The van der Waals surface area contributed by atoms with E-state index < -0.39 is 0 Å². The largest absolute Gasteiger partial charge is 0.334 e. The number of amides is 1. The lowest BCUT2D eigenvalue weighted by Crippen LogP contribution is -2.41. The van der Waals surface area contributed by atoms with Gasteiger partial charge >= 0.3 is 0 Å². The third kappa shape index (κ3) is 3.28. The lowest BCUT2D eigenvalue weighted by molar-refractivity contribution is 0.0690. The van der Waals surface area contributed by atoms with Crippen LogP contribution in [-0.4, -0.2) is 46.3 Å². The molecule has 0 radical (unpaired) electrons. The highest BCUT2D eigenvalue weighted by Crippen LogP contribution is 2.30. The van der Waals surface area contributed by atoms with E-state index in [1.165, 1.54) is 12.8 Å². The van der Waals surface area contributed by atoms with Gasteiger partial charge in [-0.25, -0.2) is 0 Å². The second-order valence-electron chi connectivity index (χ2n) is 6.38. The number of piperidine rings is 1. The fourth-order valence-electron chi connectivity index (χ4n) is 3.17. The summed E-state index contributed by atoms with van der Waals surface area (Å²) in [5.41, 5.74) is 1.74. The SMILES string of the molecule is CCc1cc(C(=O)N(CC2CCNCC2)C2CC2)n(C)n1. The van der Waals surface area contributed by atoms with E-state index in [2.05, 4.69) is 22.2 Å². The summed E-state index contributed by atoms with van der Waals surface area (Å²) in [6.45, 7) is 5.16. The Hall–Kier alpha value is -1.36. The zero-order chi connectivity index (χ0) is 14.8. The van der Waals surface area contributed by atoms with Crippen molar-refractivity contribution in [3.8, 4) is 0 Å². The first kappa shape index (κ1) is 14.6. The summed E-state index contributed by atoms with van der Waals surface area (Å²) < 4.78 is 1.75. The molecule has 1 saturated carbocycles. The molecule has 21 heavy (non-hydrogen) atoms. The molecule has 5 heteroatoms. The highest BCUT2D eigenvalue weighted by Gasteiger charge is 2.35. The number of aryl methyl sites for hydroxylation is 2. The Bertz CT molecular complexity index is 500. The van der Waals surface area contributed by atoms with E-state index in [0.29, 0.717) is 12.0 Å². The van der Waals surface area contributed by atoms with Crippen LogP contribution >= 0.6 is 0 Å². The summed E-state index contributed by atoms with van der Waals surface area (Å²) in [6.07, 6.45) is 5.56. The average Bonchev–Trinajstić information content (AvgIpc) is 3.27. The van der Waals surface area contributed by atoms with Crippen molar-refractivity contribution in [2.45, 2.75) is 45.1 Å². The zero-order valence-electron chi connectivity index (χ0n) is 13.1. The first-order chi connectivity index (χ1) is 10.2. The van der Waals surface area contributed by atoms with Crippen LogP contribution < -0.4 is 5.32 Å². The van der Waals surface area contributed by atoms with Crippen LogP contribution in [0.4, 0.5) is 0 Å². The lowest BCUT2D eigenvalue weighted by Gasteiger charge is -2.30. The molecule has 0 spiro atoms. The van der Waals surface area contributed by atoms with E-state index in [1.807, 2.05) is 13.1 Å². The highest BCUT2D eigenvalue weighted by atomic mass is 16.2. The van der Waals surface area contributed by atoms with Crippen molar-refractivity contribution in [3.63, 3.8) is 0 Å². The normalized spacial score (nSPS) is 19.7. The van der Waals surface area contributed by atoms with Crippen LogP contribution in [0.3, 0.4) is 0 Å². The van der Waals surface area contributed by atoms with Crippen LogP contribution in [0.25, 0.3) is 0 Å². The molecule has 1 aromatic rings. The third-order valence-electron chi connectivity index (χ3n) is 4.67. The van der Waals surface area contributed by atoms with E-state index in [1.54, 1.807) is 4.68 Å². The summed E-state index contributed by atoms with van der Waals surface area (Å²) in [4.78, 5) is 15.0. The number of aromatic nitrogens is 2. The summed E-state index contributed by atoms with van der Waals surface area (Å²) in [6, 6.07) is 2.42. The highest BCUT2D eigenvalue weighted by molar-refractivity contribution is 5.93. The van der Waals surface area contributed by atoms with Gasteiger partial charge in [0.05, 0.1) is 5.69 Å². The van der Waals surface area contributed by atoms with Crippen LogP contribution in [0.2, 0.25) is 0 Å². The molecule has 2 aliphatic rings. The second-order valence-corrected chi connectivity index (χ2v) is 6.38. The molecular formula is C16H26N4O. The Morgan fingerprint density at radius 3 is 2.67 bits per heavy atom. The van der Waals surface area contributed by atoms with Gasteiger partial charge in [0.25, 0.3) is 5.91 Å². The first-order valence-electron chi connectivity index (χ1n) is 8.23. The molecule has 1 saturated heterocycles. The van der Waals surface area contributed by atoms with Crippen molar-refractivity contribution < 1.29 is 4.79 Å². The van der Waals surface area contributed by atoms with Crippen LogP contribution in [0, 0.1) is 5.92 Å². The van der Waals surface area contributed by atoms with E-state index in [-0.39, 0.29) is 5.91 Å². The molecule has 5 nitrogen and oxygen atoms in total. The third-order valence-corrected chi connectivity index (χ3v) is 4.67. The molecule has 1 N–H and O–H groups in total. The van der Waals surface area contributed by atoms with Crippen molar-refractivity contribution >= 4 is 5.91 Å².